The van der Waals surface area contributed by atoms with Crippen LogP contribution in [0.25, 0.3) is 11.3 Å². The number of carbonyl (C=O) groups excluding carboxylic acids is 2. The van der Waals surface area contributed by atoms with Crippen LogP contribution in [0.15, 0.2) is 49.3 Å². The van der Waals surface area contributed by atoms with Gasteiger partial charge in [0.15, 0.2) is 11.6 Å². The summed E-state index contributed by atoms with van der Waals surface area (Å²) in [5.41, 5.74) is 3.20. The first kappa shape index (κ1) is 25.3. The van der Waals surface area contributed by atoms with Crippen molar-refractivity contribution >= 4 is 23.2 Å². The molecule has 0 aliphatic carbocycles. The van der Waals surface area contributed by atoms with E-state index in [0.717, 1.165) is 5.69 Å². The van der Waals surface area contributed by atoms with Crippen molar-refractivity contribution in [2.24, 2.45) is 5.41 Å². The molecule has 0 bridgehead atoms. The quantitative estimate of drug-likeness (QED) is 0.388. The van der Waals surface area contributed by atoms with E-state index in [-0.39, 0.29) is 35.6 Å². The lowest BCUT2D eigenvalue weighted by Crippen LogP contribution is -2.65. The molecule has 2 aliphatic rings. The molecule has 5 rings (SSSR count). The molecule has 1 atom stereocenters. The second-order valence-electron chi connectivity index (χ2n) is 10.0. The number of fused-ring (bicyclic) bond motifs is 1. The van der Waals surface area contributed by atoms with E-state index in [0.29, 0.717) is 53.5 Å². The maximum Gasteiger partial charge on any atom is 0.255 e. The normalized spacial score (nSPS) is 17.6. The average molecular weight is 520 g/mol. The predicted molar refractivity (Wildman–Crippen MR) is 141 cm³/mol. The summed E-state index contributed by atoms with van der Waals surface area (Å²) in [5, 5.41) is 6.11. The Morgan fingerprint density at radius 3 is 2.92 bits per heavy atom. The third-order valence-corrected chi connectivity index (χ3v) is 7.16. The molecule has 0 radical (unpaired) electrons. The fourth-order valence-electron chi connectivity index (χ4n) is 5.15. The summed E-state index contributed by atoms with van der Waals surface area (Å²) in [6.07, 6.45) is 5.15. The summed E-state index contributed by atoms with van der Waals surface area (Å²) in [5.74, 6) is -0.382. The minimum Gasteiger partial charge on any atom is -0.492 e. The number of aromatic nitrogens is 2. The zero-order valence-corrected chi connectivity index (χ0v) is 21.6. The number of para-hydroxylation sites is 1. The van der Waals surface area contributed by atoms with Crippen LogP contribution in [-0.2, 0) is 11.2 Å². The van der Waals surface area contributed by atoms with Crippen molar-refractivity contribution in [1.29, 1.82) is 0 Å². The van der Waals surface area contributed by atoms with Gasteiger partial charge in [-0.25, -0.2) is 4.39 Å². The molecule has 3 N–H and O–H groups in total. The fraction of sp³-hybridized carbons (Fsp3) is 0.321. The van der Waals surface area contributed by atoms with Crippen LogP contribution in [0.1, 0.15) is 29.9 Å². The van der Waals surface area contributed by atoms with Gasteiger partial charge in [-0.2, -0.15) is 0 Å². The molecule has 1 fully saturated rings. The molecule has 2 aromatic heterocycles. The lowest BCUT2D eigenvalue weighted by atomic mass is 9.75. The SMILES string of the molecule is C=CC(=O)N1CC(C)(C)C1COc1cnccc1-c1[nH]c2c(c1Nc1cccc(F)c1OC)C(=O)NCC2. The molecule has 1 saturated heterocycles. The number of methoxy groups -OCH3 is 1. The predicted octanol–water partition coefficient (Wildman–Crippen LogP) is 4.06. The highest BCUT2D eigenvalue weighted by Crippen LogP contribution is 2.43. The molecular weight excluding hydrogens is 489 g/mol. The third kappa shape index (κ3) is 4.36. The monoisotopic (exact) mass is 519 g/mol. The van der Waals surface area contributed by atoms with Gasteiger partial charge in [-0.05, 0) is 24.3 Å². The molecule has 1 unspecified atom stereocenters. The highest BCUT2D eigenvalue weighted by atomic mass is 19.1. The van der Waals surface area contributed by atoms with Crippen LogP contribution in [-0.4, -0.2) is 59.5 Å². The Kier molecular flexibility index (Phi) is 6.56. The maximum atomic E-state index is 14.5. The Hall–Kier alpha value is -4.34. The third-order valence-electron chi connectivity index (χ3n) is 7.16. The first-order valence-corrected chi connectivity index (χ1v) is 12.4. The van der Waals surface area contributed by atoms with Crippen molar-refractivity contribution < 1.29 is 23.5 Å². The van der Waals surface area contributed by atoms with Gasteiger partial charge in [0, 0.05) is 42.4 Å². The highest BCUT2D eigenvalue weighted by Gasteiger charge is 2.47. The van der Waals surface area contributed by atoms with Crippen molar-refractivity contribution in [3.05, 3.63) is 66.4 Å². The van der Waals surface area contributed by atoms with Crippen LogP contribution >= 0.6 is 0 Å². The zero-order chi connectivity index (χ0) is 27.0. The van der Waals surface area contributed by atoms with Crippen molar-refractivity contribution in [3.8, 4) is 22.8 Å². The molecular formula is C28H30FN5O4. The number of hydrogen-bond donors (Lipinski definition) is 3. The minimum atomic E-state index is -0.525. The van der Waals surface area contributed by atoms with E-state index in [1.807, 2.05) is 0 Å². The van der Waals surface area contributed by atoms with Gasteiger partial charge in [0.25, 0.3) is 5.91 Å². The van der Waals surface area contributed by atoms with E-state index < -0.39 is 5.82 Å². The van der Waals surface area contributed by atoms with Gasteiger partial charge in [0.05, 0.1) is 42.0 Å². The number of H-pyrrole nitrogens is 1. The summed E-state index contributed by atoms with van der Waals surface area (Å²) in [7, 11) is 1.39. The van der Waals surface area contributed by atoms with Crippen molar-refractivity contribution in [3.63, 3.8) is 0 Å². The van der Waals surface area contributed by atoms with Crippen molar-refractivity contribution in [2.45, 2.75) is 26.3 Å². The van der Waals surface area contributed by atoms with Gasteiger partial charge in [0.2, 0.25) is 5.91 Å². The number of likely N-dealkylation sites (tertiary alicyclic amines) is 1. The second-order valence-corrected chi connectivity index (χ2v) is 10.0. The van der Waals surface area contributed by atoms with Crippen molar-refractivity contribution in [2.75, 3.05) is 32.1 Å². The van der Waals surface area contributed by atoms with E-state index >= 15 is 0 Å². The summed E-state index contributed by atoms with van der Waals surface area (Å²) in [4.78, 5) is 34.6. The molecule has 4 heterocycles. The number of amides is 2. The van der Waals surface area contributed by atoms with Crippen LogP contribution in [0.5, 0.6) is 11.5 Å². The number of nitrogens with one attached hydrogen (secondary N) is 3. The number of pyridine rings is 1. The van der Waals surface area contributed by atoms with E-state index in [1.54, 1.807) is 35.5 Å². The van der Waals surface area contributed by atoms with Crippen LogP contribution in [0, 0.1) is 11.2 Å². The Balaban J connectivity index is 1.54. The first-order chi connectivity index (χ1) is 18.2. The fourth-order valence-corrected chi connectivity index (χ4v) is 5.15. The number of benzene rings is 1. The van der Waals surface area contributed by atoms with Gasteiger partial charge in [-0.15, -0.1) is 0 Å². The molecule has 2 amide bonds. The molecule has 0 saturated carbocycles. The molecule has 3 aromatic rings. The van der Waals surface area contributed by atoms with Gasteiger partial charge in [-0.1, -0.05) is 26.5 Å². The standard InChI is InChI=1S/C28H30FN5O4/c1-5-22(35)34-15-28(2,3)21(34)14-38-20-13-30-11-9-16(20)24-25(23-18(32-24)10-12-31-27(23)36)33-19-8-6-7-17(29)26(19)37-4/h5-9,11,13,21,32-33H,1,10,12,14-15H2,2-4H3,(H,31,36). The van der Waals surface area contributed by atoms with E-state index in [2.05, 4.69) is 41.0 Å². The van der Waals surface area contributed by atoms with Crippen LogP contribution < -0.4 is 20.1 Å². The maximum absolute atomic E-state index is 14.5. The smallest absolute Gasteiger partial charge is 0.255 e. The van der Waals surface area contributed by atoms with Crippen LogP contribution in [0.2, 0.25) is 0 Å². The molecule has 9 nitrogen and oxygen atoms in total. The second kappa shape index (κ2) is 9.85. The van der Waals surface area contributed by atoms with Gasteiger partial charge >= 0.3 is 0 Å². The zero-order valence-electron chi connectivity index (χ0n) is 21.6. The Morgan fingerprint density at radius 1 is 1.37 bits per heavy atom. The molecule has 198 valence electrons. The number of rotatable bonds is 8. The Bertz CT molecular complexity index is 1420. The number of ether oxygens (including phenoxy) is 2. The summed E-state index contributed by atoms with van der Waals surface area (Å²) in [6, 6.07) is 6.20. The van der Waals surface area contributed by atoms with Crippen molar-refractivity contribution in [1.82, 2.24) is 20.2 Å². The molecule has 2 aliphatic heterocycles. The van der Waals surface area contributed by atoms with Gasteiger partial charge in [-0.3, -0.25) is 14.6 Å². The summed E-state index contributed by atoms with van der Waals surface area (Å²) >= 11 is 0. The Labute approximate surface area is 220 Å². The number of anilines is 2. The number of halogens is 1. The summed E-state index contributed by atoms with van der Waals surface area (Å²) in [6.45, 7) is 9.15. The molecule has 38 heavy (non-hydrogen) atoms. The highest BCUT2D eigenvalue weighted by molar-refractivity contribution is 6.06. The first-order valence-electron chi connectivity index (χ1n) is 12.4. The number of nitrogens with zero attached hydrogens (tertiary/aromatic N) is 2. The topological polar surface area (TPSA) is 109 Å². The van der Waals surface area contributed by atoms with E-state index in [1.165, 1.54) is 19.3 Å². The summed E-state index contributed by atoms with van der Waals surface area (Å²) < 4.78 is 26.0. The van der Waals surface area contributed by atoms with E-state index in [9.17, 15) is 14.0 Å². The lowest BCUT2D eigenvalue weighted by Gasteiger charge is -2.53. The van der Waals surface area contributed by atoms with E-state index in [4.69, 9.17) is 9.47 Å². The minimum absolute atomic E-state index is 0.0370. The van der Waals surface area contributed by atoms with Gasteiger partial charge in [0.1, 0.15) is 12.4 Å². The van der Waals surface area contributed by atoms with Crippen LogP contribution in [0.4, 0.5) is 15.8 Å². The van der Waals surface area contributed by atoms with Gasteiger partial charge < -0.3 is 30.0 Å². The lowest BCUT2D eigenvalue weighted by molar-refractivity contribution is -0.148. The number of hydrogen-bond acceptors (Lipinski definition) is 6. The Morgan fingerprint density at radius 2 is 2.18 bits per heavy atom. The largest absolute Gasteiger partial charge is 0.492 e. The van der Waals surface area contributed by atoms with Crippen LogP contribution in [0.3, 0.4) is 0 Å². The number of aromatic amines is 1. The molecule has 1 aromatic carbocycles. The molecule has 0 spiro atoms. The average Bonchev–Trinajstić information content (AvgIpc) is 3.26. The molecule has 10 heteroatoms. The number of carbonyl (C=O) groups is 2.